The van der Waals surface area contributed by atoms with Gasteiger partial charge < -0.3 is 9.64 Å². The number of nitrogens with zero attached hydrogens (tertiary/aromatic N) is 3. The van der Waals surface area contributed by atoms with Gasteiger partial charge in [0.25, 0.3) is 0 Å². The summed E-state index contributed by atoms with van der Waals surface area (Å²) in [5, 5.41) is 0. The zero-order chi connectivity index (χ0) is 14.6. The van der Waals surface area contributed by atoms with Crippen LogP contribution in [0.5, 0.6) is 0 Å². The number of aromatic nitrogens is 2. The summed E-state index contributed by atoms with van der Waals surface area (Å²) >= 11 is 0. The second-order valence-electron chi connectivity index (χ2n) is 4.85. The maximum atomic E-state index is 12.6. The molecule has 1 atom stereocenters. The first-order chi connectivity index (χ1) is 9.50. The Kier molecular flexibility index (Phi) is 4.80. The van der Waals surface area contributed by atoms with Gasteiger partial charge in [0.2, 0.25) is 5.95 Å². The van der Waals surface area contributed by atoms with Crippen molar-refractivity contribution in [2.24, 2.45) is 5.92 Å². The van der Waals surface area contributed by atoms with Gasteiger partial charge in [-0.1, -0.05) is 0 Å². The van der Waals surface area contributed by atoms with Crippen LogP contribution in [0.4, 0.5) is 19.1 Å². The Balaban J connectivity index is 2.07. The molecular formula is C13H18F3N3O. The van der Waals surface area contributed by atoms with Crippen LogP contribution >= 0.6 is 0 Å². The molecule has 2 heterocycles. The van der Waals surface area contributed by atoms with Crippen molar-refractivity contribution in [3.63, 3.8) is 0 Å². The molecule has 0 saturated carbocycles. The number of halogens is 3. The van der Waals surface area contributed by atoms with Crippen LogP contribution in [-0.2, 0) is 10.9 Å². The standard InChI is InChI=1S/C13H18F3N3O/c1-2-20-9-10-4-3-7-19(8-10)12-17-6-5-11(18-12)13(14,15)16/h5-6,10H,2-4,7-9H2,1H3. The minimum absolute atomic E-state index is 0.154. The average Bonchev–Trinajstić information content (AvgIpc) is 2.45. The highest BCUT2D eigenvalue weighted by molar-refractivity contribution is 5.31. The molecule has 1 fully saturated rings. The van der Waals surface area contributed by atoms with Crippen molar-refractivity contribution in [3.8, 4) is 0 Å². The lowest BCUT2D eigenvalue weighted by molar-refractivity contribution is -0.141. The summed E-state index contributed by atoms with van der Waals surface area (Å²) in [6.45, 7) is 4.53. The van der Waals surface area contributed by atoms with E-state index in [1.165, 1.54) is 0 Å². The third-order valence-electron chi connectivity index (χ3n) is 3.29. The minimum atomic E-state index is -4.43. The molecule has 0 amide bonds. The van der Waals surface area contributed by atoms with Gasteiger partial charge in [0.05, 0.1) is 6.61 Å². The zero-order valence-electron chi connectivity index (χ0n) is 11.4. The van der Waals surface area contributed by atoms with Crippen LogP contribution in [-0.4, -0.2) is 36.3 Å². The van der Waals surface area contributed by atoms with Gasteiger partial charge >= 0.3 is 6.18 Å². The smallest absolute Gasteiger partial charge is 0.381 e. The van der Waals surface area contributed by atoms with Gasteiger partial charge in [-0.25, -0.2) is 9.97 Å². The Morgan fingerprint density at radius 1 is 1.45 bits per heavy atom. The number of piperidine rings is 1. The Morgan fingerprint density at radius 2 is 2.25 bits per heavy atom. The van der Waals surface area contributed by atoms with Crippen molar-refractivity contribution in [3.05, 3.63) is 18.0 Å². The highest BCUT2D eigenvalue weighted by Gasteiger charge is 2.33. The van der Waals surface area contributed by atoms with Crippen molar-refractivity contribution in [1.82, 2.24) is 9.97 Å². The molecule has 0 aliphatic carbocycles. The van der Waals surface area contributed by atoms with Crippen LogP contribution < -0.4 is 4.90 Å². The molecule has 1 aliphatic heterocycles. The van der Waals surface area contributed by atoms with E-state index < -0.39 is 11.9 Å². The first kappa shape index (κ1) is 15.0. The van der Waals surface area contributed by atoms with Crippen LogP contribution in [0.2, 0.25) is 0 Å². The van der Waals surface area contributed by atoms with Crippen LogP contribution in [0.15, 0.2) is 12.3 Å². The second kappa shape index (κ2) is 6.39. The molecule has 112 valence electrons. The highest BCUT2D eigenvalue weighted by atomic mass is 19.4. The van der Waals surface area contributed by atoms with Crippen LogP contribution in [0.1, 0.15) is 25.5 Å². The zero-order valence-corrected chi connectivity index (χ0v) is 11.4. The van der Waals surface area contributed by atoms with Gasteiger partial charge in [0, 0.05) is 25.9 Å². The molecule has 1 aromatic rings. The van der Waals surface area contributed by atoms with Crippen molar-refractivity contribution in [2.45, 2.75) is 25.9 Å². The molecule has 0 bridgehead atoms. The molecular weight excluding hydrogens is 271 g/mol. The molecule has 1 unspecified atom stereocenters. The van der Waals surface area contributed by atoms with E-state index >= 15 is 0 Å². The predicted molar refractivity (Wildman–Crippen MR) is 68.5 cm³/mol. The van der Waals surface area contributed by atoms with E-state index in [4.69, 9.17) is 4.74 Å². The van der Waals surface area contributed by atoms with E-state index in [0.29, 0.717) is 32.2 Å². The molecule has 0 aromatic carbocycles. The number of ether oxygens (including phenoxy) is 1. The van der Waals surface area contributed by atoms with E-state index in [2.05, 4.69) is 9.97 Å². The van der Waals surface area contributed by atoms with E-state index in [-0.39, 0.29) is 5.95 Å². The van der Waals surface area contributed by atoms with Gasteiger partial charge in [-0.2, -0.15) is 13.2 Å². The van der Waals surface area contributed by atoms with E-state index in [9.17, 15) is 13.2 Å². The monoisotopic (exact) mass is 289 g/mol. The van der Waals surface area contributed by atoms with Crippen molar-refractivity contribution < 1.29 is 17.9 Å². The summed E-state index contributed by atoms with van der Waals surface area (Å²) in [7, 11) is 0. The highest BCUT2D eigenvalue weighted by Crippen LogP contribution is 2.29. The van der Waals surface area contributed by atoms with E-state index in [1.807, 2.05) is 11.8 Å². The molecule has 0 N–H and O–H groups in total. The fourth-order valence-electron chi connectivity index (χ4n) is 2.33. The fraction of sp³-hybridized carbons (Fsp3) is 0.692. The topological polar surface area (TPSA) is 38.2 Å². The van der Waals surface area contributed by atoms with E-state index in [1.54, 1.807) is 0 Å². The quantitative estimate of drug-likeness (QED) is 0.854. The summed E-state index contributed by atoms with van der Waals surface area (Å²) in [6, 6.07) is 0.894. The molecule has 2 rings (SSSR count). The lowest BCUT2D eigenvalue weighted by Crippen LogP contribution is -2.38. The summed E-state index contributed by atoms with van der Waals surface area (Å²) in [4.78, 5) is 9.40. The number of hydrogen-bond donors (Lipinski definition) is 0. The van der Waals surface area contributed by atoms with Gasteiger partial charge in [0.1, 0.15) is 5.69 Å². The lowest BCUT2D eigenvalue weighted by Gasteiger charge is -2.32. The molecule has 7 heteroatoms. The Hall–Kier alpha value is -1.37. The van der Waals surface area contributed by atoms with Crippen molar-refractivity contribution in [2.75, 3.05) is 31.2 Å². The Labute approximate surface area is 116 Å². The largest absolute Gasteiger partial charge is 0.433 e. The van der Waals surface area contributed by atoms with Gasteiger partial charge in [0.15, 0.2) is 0 Å². The van der Waals surface area contributed by atoms with Gasteiger partial charge in [-0.05, 0) is 31.7 Å². The van der Waals surface area contributed by atoms with Gasteiger partial charge in [-0.15, -0.1) is 0 Å². The Bertz CT molecular complexity index is 439. The second-order valence-corrected chi connectivity index (χ2v) is 4.85. The molecule has 4 nitrogen and oxygen atoms in total. The average molecular weight is 289 g/mol. The van der Waals surface area contributed by atoms with Crippen LogP contribution in [0.3, 0.4) is 0 Å². The SMILES string of the molecule is CCOCC1CCCN(c2nccc(C(F)(F)F)n2)C1. The third-order valence-corrected chi connectivity index (χ3v) is 3.29. The first-order valence-electron chi connectivity index (χ1n) is 6.73. The van der Waals surface area contributed by atoms with E-state index in [0.717, 1.165) is 25.1 Å². The molecule has 1 saturated heterocycles. The van der Waals surface area contributed by atoms with Crippen LogP contribution in [0, 0.1) is 5.92 Å². The molecule has 20 heavy (non-hydrogen) atoms. The number of rotatable bonds is 4. The normalized spacial score (nSPS) is 20.2. The molecule has 0 radical (unpaired) electrons. The maximum absolute atomic E-state index is 12.6. The number of alkyl halides is 3. The minimum Gasteiger partial charge on any atom is -0.381 e. The summed E-state index contributed by atoms with van der Waals surface area (Å²) in [5.41, 5.74) is -0.894. The van der Waals surface area contributed by atoms with Crippen molar-refractivity contribution in [1.29, 1.82) is 0 Å². The van der Waals surface area contributed by atoms with Gasteiger partial charge in [-0.3, -0.25) is 0 Å². The molecule has 1 aliphatic rings. The number of hydrogen-bond acceptors (Lipinski definition) is 4. The lowest BCUT2D eigenvalue weighted by atomic mass is 9.99. The first-order valence-corrected chi connectivity index (χ1v) is 6.73. The molecule has 1 aromatic heterocycles. The van der Waals surface area contributed by atoms with Crippen molar-refractivity contribution >= 4 is 5.95 Å². The maximum Gasteiger partial charge on any atom is 0.433 e. The third kappa shape index (κ3) is 3.82. The fourth-order valence-corrected chi connectivity index (χ4v) is 2.33. The molecule has 0 spiro atoms. The van der Waals surface area contributed by atoms with Crippen LogP contribution in [0.25, 0.3) is 0 Å². The summed E-state index contributed by atoms with van der Waals surface area (Å²) < 4.78 is 43.3. The predicted octanol–water partition coefficient (Wildman–Crippen LogP) is 2.75. The number of anilines is 1. The summed E-state index contributed by atoms with van der Waals surface area (Å²) in [5.74, 6) is 0.475. The summed E-state index contributed by atoms with van der Waals surface area (Å²) in [6.07, 6.45) is -1.33. The Morgan fingerprint density at radius 3 is 2.95 bits per heavy atom.